The fourth-order valence-electron chi connectivity index (χ4n) is 1.69. The summed E-state index contributed by atoms with van der Waals surface area (Å²) in [6.45, 7) is 0. The van der Waals surface area contributed by atoms with Crippen LogP contribution in [0.3, 0.4) is 0 Å². The van der Waals surface area contributed by atoms with Crippen LogP contribution in [-0.4, -0.2) is 5.91 Å². The van der Waals surface area contributed by atoms with Gasteiger partial charge in [-0.2, -0.15) is 13.2 Å². The Balaban J connectivity index is 2.31. The SMILES string of the molecule is O=C(Nc1cccc(Br)c1)c1ccccc1C(F)(F)F. The van der Waals surface area contributed by atoms with Gasteiger partial charge in [-0.15, -0.1) is 0 Å². The van der Waals surface area contributed by atoms with Crippen LogP contribution in [0.2, 0.25) is 0 Å². The molecule has 0 unspecified atom stereocenters. The second-order valence-electron chi connectivity index (χ2n) is 4.01. The lowest BCUT2D eigenvalue weighted by atomic mass is 10.1. The van der Waals surface area contributed by atoms with E-state index in [9.17, 15) is 18.0 Å². The summed E-state index contributed by atoms with van der Waals surface area (Å²) in [5.74, 6) is -0.795. The minimum atomic E-state index is -4.56. The average Bonchev–Trinajstić information content (AvgIpc) is 2.37. The van der Waals surface area contributed by atoms with E-state index in [2.05, 4.69) is 21.2 Å². The van der Waals surface area contributed by atoms with Gasteiger partial charge in [0, 0.05) is 10.2 Å². The number of benzene rings is 2. The molecule has 0 bridgehead atoms. The molecule has 2 nitrogen and oxygen atoms in total. The Morgan fingerprint density at radius 1 is 1.05 bits per heavy atom. The third-order valence-electron chi connectivity index (χ3n) is 2.56. The van der Waals surface area contributed by atoms with Crippen LogP contribution in [0.4, 0.5) is 18.9 Å². The Bertz CT molecular complexity index is 640. The summed E-state index contributed by atoms with van der Waals surface area (Å²) in [5.41, 5.74) is -0.936. The highest BCUT2D eigenvalue weighted by Gasteiger charge is 2.34. The number of hydrogen-bond acceptors (Lipinski definition) is 1. The molecule has 104 valence electrons. The molecule has 0 aliphatic rings. The van der Waals surface area contributed by atoms with E-state index in [1.165, 1.54) is 12.1 Å². The molecule has 0 fully saturated rings. The monoisotopic (exact) mass is 343 g/mol. The summed E-state index contributed by atoms with van der Waals surface area (Å²) in [5, 5.41) is 2.44. The highest BCUT2D eigenvalue weighted by atomic mass is 79.9. The fraction of sp³-hybridized carbons (Fsp3) is 0.0714. The number of amides is 1. The molecule has 6 heteroatoms. The number of carbonyl (C=O) groups is 1. The molecule has 0 heterocycles. The summed E-state index contributed by atoms with van der Waals surface area (Å²) in [7, 11) is 0. The number of alkyl halides is 3. The standard InChI is InChI=1S/C14H9BrF3NO/c15-9-4-3-5-10(8-9)19-13(20)11-6-1-2-7-12(11)14(16,17)18/h1-8H,(H,19,20). The molecule has 0 spiro atoms. The van der Waals surface area contributed by atoms with E-state index < -0.39 is 23.2 Å². The summed E-state index contributed by atoms with van der Waals surface area (Å²) in [4.78, 5) is 12.0. The van der Waals surface area contributed by atoms with Crippen molar-refractivity contribution >= 4 is 27.5 Å². The zero-order chi connectivity index (χ0) is 14.8. The summed E-state index contributed by atoms with van der Waals surface area (Å²) >= 11 is 3.22. The molecule has 20 heavy (non-hydrogen) atoms. The van der Waals surface area contributed by atoms with Gasteiger partial charge in [-0.1, -0.05) is 34.1 Å². The van der Waals surface area contributed by atoms with Gasteiger partial charge in [0.1, 0.15) is 0 Å². The highest BCUT2D eigenvalue weighted by molar-refractivity contribution is 9.10. The van der Waals surface area contributed by atoms with Crippen molar-refractivity contribution < 1.29 is 18.0 Å². The topological polar surface area (TPSA) is 29.1 Å². The van der Waals surface area contributed by atoms with E-state index in [4.69, 9.17) is 0 Å². The first-order chi connectivity index (χ1) is 9.38. The van der Waals surface area contributed by atoms with Crippen LogP contribution < -0.4 is 5.32 Å². The van der Waals surface area contributed by atoms with Crippen molar-refractivity contribution in [2.24, 2.45) is 0 Å². The van der Waals surface area contributed by atoms with Crippen molar-refractivity contribution in [3.05, 3.63) is 64.1 Å². The molecule has 1 N–H and O–H groups in total. The van der Waals surface area contributed by atoms with E-state index in [0.29, 0.717) is 5.69 Å². The van der Waals surface area contributed by atoms with E-state index in [-0.39, 0.29) is 0 Å². The molecular weight excluding hydrogens is 335 g/mol. The van der Waals surface area contributed by atoms with E-state index in [1.807, 2.05) is 0 Å². The number of halogens is 4. The van der Waals surface area contributed by atoms with Crippen LogP contribution >= 0.6 is 15.9 Å². The Kier molecular flexibility index (Phi) is 4.13. The average molecular weight is 344 g/mol. The molecule has 1 amide bonds. The number of carbonyl (C=O) groups excluding carboxylic acids is 1. The van der Waals surface area contributed by atoms with Crippen LogP contribution in [0.25, 0.3) is 0 Å². The number of hydrogen-bond donors (Lipinski definition) is 1. The van der Waals surface area contributed by atoms with Gasteiger partial charge in [-0.25, -0.2) is 0 Å². The summed E-state index contributed by atoms with van der Waals surface area (Å²) in [6, 6.07) is 11.3. The molecule has 2 rings (SSSR count). The Labute approximate surface area is 121 Å². The van der Waals surface area contributed by atoms with E-state index in [1.54, 1.807) is 24.3 Å². The molecule has 0 aliphatic heterocycles. The van der Waals surface area contributed by atoms with Crippen molar-refractivity contribution in [3.63, 3.8) is 0 Å². The van der Waals surface area contributed by atoms with Crippen molar-refractivity contribution in [1.29, 1.82) is 0 Å². The van der Waals surface area contributed by atoms with Gasteiger partial charge >= 0.3 is 6.18 Å². The molecule has 0 saturated heterocycles. The maximum Gasteiger partial charge on any atom is 0.417 e. The van der Waals surface area contributed by atoms with Crippen LogP contribution in [-0.2, 0) is 6.18 Å². The third-order valence-corrected chi connectivity index (χ3v) is 3.05. The molecule has 0 aliphatic carbocycles. The van der Waals surface area contributed by atoms with E-state index >= 15 is 0 Å². The molecule has 0 radical (unpaired) electrons. The number of rotatable bonds is 2. The molecule has 2 aromatic carbocycles. The molecule has 0 aromatic heterocycles. The van der Waals surface area contributed by atoms with Gasteiger partial charge < -0.3 is 5.32 Å². The molecule has 0 saturated carbocycles. The first-order valence-electron chi connectivity index (χ1n) is 5.61. The van der Waals surface area contributed by atoms with Crippen LogP contribution in [0, 0.1) is 0 Å². The first-order valence-corrected chi connectivity index (χ1v) is 6.40. The molecular formula is C14H9BrF3NO. The van der Waals surface area contributed by atoms with Crippen molar-refractivity contribution in [3.8, 4) is 0 Å². The van der Waals surface area contributed by atoms with Crippen LogP contribution in [0.1, 0.15) is 15.9 Å². The van der Waals surface area contributed by atoms with E-state index in [0.717, 1.165) is 16.6 Å². The smallest absolute Gasteiger partial charge is 0.322 e. The van der Waals surface area contributed by atoms with Gasteiger partial charge in [0.15, 0.2) is 0 Å². The normalized spacial score (nSPS) is 11.2. The van der Waals surface area contributed by atoms with Gasteiger partial charge in [0.2, 0.25) is 0 Å². The van der Waals surface area contributed by atoms with Crippen molar-refractivity contribution in [2.75, 3.05) is 5.32 Å². The lowest BCUT2D eigenvalue weighted by molar-refractivity contribution is -0.137. The van der Waals surface area contributed by atoms with Crippen molar-refractivity contribution in [2.45, 2.75) is 6.18 Å². The number of nitrogens with one attached hydrogen (secondary N) is 1. The Morgan fingerprint density at radius 3 is 2.40 bits per heavy atom. The predicted molar refractivity (Wildman–Crippen MR) is 73.5 cm³/mol. The van der Waals surface area contributed by atoms with Crippen LogP contribution in [0.5, 0.6) is 0 Å². The van der Waals surface area contributed by atoms with Gasteiger partial charge in [-0.3, -0.25) is 4.79 Å². The van der Waals surface area contributed by atoms with Gasteiger partial charge in [-0.05, 0) is 30.3 Å². The zero-order valence-corrected chi connectivity index (χ0v) is 11.6. The highest BCUT2D eigenvalue weighted by Crippen LogP contribution is 2.32. The Morgan fingerprint density at radius 2 is 1.75 bits per heavy atom. The quantitative estimate of drug-likeness (QED) is 0.839. The Hall–Kier alpha value is -1.82. The van der Waals surface area contributed by atoms with Crippen molar-refractivity contribution in [1.82, 2.24) is 0 Å². The van der Waals surface area contributed by atoms with Crippen LogP contribution in [0.15, 0.2) is 53.0 Å². The molecule has 0 atom stereocenters. The minimum Gasteiger partial charge on any atom is -0.322 e. The van der Waals surface area contributed by atoms with Gasteiger partial charge in [0.25, 0.3) is 5.91 Å². The lowest BCUT2D eigenvalue weighted by Gasteiger charge is -2.12. The zero-order valence-electron chi connectivity index (χ0n) is 10.0. The second kappa shape index (κ2) is 5.66. The summed E-state index contributed by atoms with van der Waals surface area (Å²) < 4.78 is 39.2. The number of anilines is 1. The maximum atomic E-state index is 12.8. The van der Waals surface area contributed by atoms with Gasteiger partial charge in [0.05, 0.1) is 11.1 Å². The fourth-order valence-corrected chi connectivity index (χ4v) is 2.09. The molecule has 2 aromatic rings. The largest absolute Gasteiger partial charge is 0.417 e. The second-order valence-corrected chi connectivity index (χ2v) is 4.92. The third kappa shape index (κ3) is 3.39. The predicted octanol–water partition coefficient (Wildman–Crippen LogP) is 4.72. The minimum absolute atomic E-state index is 0.403. The lowest BCUT2D eigenvalue weighted by Crippen LogP contribution is -2.18. The first kappa shape index (κ1) is 14.6. The maximum absolute atomic E-state index is 12.8. The summed E-state index contributed by atoms with van der Waals surface area (Å²) in [6.07, 6.45) is -4.56.